The standard InChI is InChI=1S/C21H36N2O2.C9H13ClO2.C5H5N.C3H8.2C2H6.CH4S/c1-6-19(14-18(3)11-13-25-5)16-23(20-9-10-20)21(24)15-17(2)8-7-12-22-4;1-3-5-8(10)9(4-2)12-7-6-11;1-2-4-6-5-3-1;1-3-2;3*1-2/h6,14,17,20,22H,1,3,7-13,15-16H2,2,4-5H3;3-5,11H,2,6-7H2,1H3;1-5H;3H2,1-2H3;2*1-2H3;2H,1H3/b19-14+;5-3+,9-8-;;;;;/t17-;;;;;;/m0....../s1. The summed E-state index contributed by atoms with van der Waals surface area (Å²) in [7, 11) is 3.66. The third-order valence-corrected chi connectivity index (χ3v) is 6.55. The van der Waals surface area contributed by atoms with Gasteiger partial charge in [0.15, 0.2) is 0 Å². The van der Waals surface area contributed by atoms with E-state index in [1.165, 1.54) is 12.5 Å². The van der Waals surface area contributed by atoms with Gasteiger partial charge < -0.3 is 24.8 Å². The Morgan fingerprint density at radius 3 is 2.06 bits per heavy atom. The minimum atomic E-state index is -0.0304. The highest BCUT2D eigenvalue weighted by Crippen LogP contribution is 2.29. The number of pyridine rings is 1. The van der Waals surface area contributed by atoms with Crippen molar-refractivity contribution in [3.8, 4) is 0 Å². The molecule has 7 nitrogen and oxygen atoms in total. The summed E-state index contributed by atoms with van der Waals surface area (Å²) in [5.74, 6) is 1.19. The maximum absolute atomic E-state index is 12.8. The van der Waals surface area contributed by atoms with Gasteiger partial charge in [0.2, 0.25) is 5.91 Å². The van der Waals surface area contributed by atoms with Crippen LogP contribution in [0.3, 0.4) is 0 Å². The fraction of sp³-hybridized carbons (Fsp3) is 0.581. The summed E-state index contributed by atoms with van der Waals surface area (Å²) in [4.78, 5) is 18.6. The largest absolute Gasteiger partial charge is 0.490 e. The molecule has 302 valence electrons. The van der Waals surface area contributed by atoms with E-state index >= 15 is 0 Å². The lowest BCUT2D eigenvalue weighted by molar-refractivity contribution is -0.132. The molecule has 1 aromatic rings. The molecule has 0 saturated heterocycles. The third-order valence-electron chi connectivity index (χ3n) is 6.24. The summed E-state index contributed by atoms with van der Waals surface area (Å²) in [6.45, 7) is 30.3. The summed E-state index contributed by atoms with van der Waals surface area (Å²) in [6, 6.07) is 6.13. The van der Waals surface area contributed by atoms with Crippen molar-refractivity contribution in [2.45, 2.75) is 106 Å². The molecular weight excluding hydrogens is 690 g/mol. The molecule has 1 heterocycles. The van der Waals surface area contributed by atoms with Gasteiger partial charge in [0.25, 0.3) is 0 Å². The number of allylic oxidation sites excluding steroid dienone is 5. The molecule has 0 unspecified atom stereocenters. The van der Waals surface area contributed by atoms with E-state index in [-0.39, 0.29) is 19.1 Å². The van der Waals surface area contributed by atoms with Crippen molar-refractivity contribution in [1.82, 2.24) is 15.2 Å². The zero-order valence-electron chi connectivity index (χ0n) is 34.9. The summed E-state index contributed by atoms with van der Waals surface area (Å²) >= 11 is 9.33. The van der Waals surface area contributed by atoms with Gasteiger partial charge in [-0.05, 0) is 94.7 Å². The van der Waals surface area contributed by atoms with Crippen LogP contribution in [0, 0.1) is 5.92 Å². The Labute approximate surface area is 331 Å². The van der Waals surface area contributed by atoms with Crippen LogP contribution in [0.1, 0.15) is 100 Å². The average molecular weight is 769 g/mol. The second-order valence-electron chi connectivity index (χ2n) is 10.9. The average Bonchev–Trinajstić information content (AvgIpc) is 4.02. The number of halogens is 1. The summed E-state index contributed by atoms with van der Waals surface area (Å²) in [5.41, 5.74) is 2.07. The number of hydrogen-bond donors (Lipinski definition) is 3. The van der Waals surface area contributed by atoms with Crippen LogP contribution < -0.4 is 5.32 Å². The number of rotatable bonds is 19. The Morgan fingerprint density at radius 1 is 1.10 bits per heavy atom. The minimum absolute atomic E-state index is 0.0304. The molecule has 1 aromatic heterocycles. The van der Waals surface area contributed by atoms with Crippen molar-refractivity contribution in [2.24, 2.45) is 5.92 Å². The number of nitrogens with zero attached hydrogens (tertiary/aromatic N) is 2. The number of methoxy groups -OCH3 is 1. The van der Waals surface area contributed by atoms with E-state index in [4.69, 9.17) is 26.2 Å². The van der Waals surface area contributed by atoms with Gasteiger partial charge in [-0.3, -0.25) is 9.78 Å². The first-order valence-corrected chi connectivity index (χ1v) is 20.1. The van der Waals surface area contributed by atoms with E-state index in [0.29, 0.717) is 42.3 Å². The highest BCUT2D eigenvalue weighted by Gasteiger charge is 2.32. The summed E-state index contributed by atoms with van der Waals surface area (Å²) < 4.78 is 10.2. The highest BCUT2D eigenvalue weighted by atomic mass is 35.5. The van der Waals surface area contributed by atoms with E-state index in [9.17, 15) is 4.79 Å². The predicted octanol–water partition coefficient (Wildman–Crippen LogP) is 11.0. The number of hydrogen-bond acceptors (Lipinski definition) is 7. The number of carbonyl (C=O) groups excluding carboxylic acids is 1. The molecule has 1 aliphatic rings. The summed E-state index contributed by atoms with van der Waals surface area (Å²) in [6.07, 6.45) is 21.2. The number of ether oxygens (including phenoxy) is 2. The van der Waals surface area contributed by atoms with Gasteiger partial charge in [0.05, 0.1) is 18.2 Å². The molecule has 1 aliphatic carbocycles. The number of aromatic nitrogens is 1. The molecule has 52 heavy (non-hydrogen) atoms. The van der Waals surface area contributed by atoms with Gasteiger partial charge in [-0.2, -0.15) is 12.6 Å². The smallest absolute Gasteiger partial charge is 0.223 e. The van der Waals surface area contributed by atoms with Crippen LogP contribution in [0.2, 0.25) is 0 Å². The number of amides is 1. The van der Waals surface area contributed by atoms with Crippen molar-refractivity contribution in [2.75, 3.05) is 53.3 Å². The minimum Gasteiger partial charge on any atom is -0.490 e. The highest BCUT2D eigenvalue weighted by molar-refractivity contribution is 7.79. The lowest BCUT2D eigenvalue weighted by Gasteiger charge is -2.25. The molecule has 1 saturated carbocycles. The van der Waals surface area contributed by atoms with Gasteiger partial charge in [-0.15, -0.1) is 0 Å². The third kappa shape index (κ3) is 40.2. The topological polar surface area (TPSA) is 83.9 Å². The van der Waals surface area contributed by atoms with Crippen LogP contribution in [-0.4, -0.2) is 80.3 Å². The monoisotopic (exact) mass is 768 g/mol. The van der Waals surface area contributed by atoms with E-state index in [2.05, 4.69) is 63.4 Å². The van der Waals surface area contributed by atoms with Gasteiger partial charge in [-0.1, -0.05) is 116 Å². The van der Waals surface area contributed by atoms with Crippen LogP contribution in [0.15, 0.2) is 103 Å². The molecule has 0 bridgehead atoms. The first-order chi connectivity index (χ1) is 25.2. The van der Waals surface area contributed by atoms with Gasteiger partial charge in [0, 0.05) is 38.5 Å². The van der Waals surface area contributed by atoms with Crippen molar-refractivity contribution >= 4 is 30.1 Å². The molecule has 2 rings (SSSR count). The Morgan fingerprint density at radius 2 is 1.67 bits per heavy atom. The Balaban J connectivity index is -0.000000224. The van der Waals surface area contributed by atoms with Crippen LogP contribution in [0.25, 0.3) is 0 Å². The molecule has 0 aromatic carbocycles. The van der Waals surface area contributed by atoms with Crippen molar-refractivity contribution < 1.29 is 19.4 Å². The van der Waals surface area contributed by atoms with Gasteiger partial charge in [0.1, 0.15) is 12.4 Å². The quantitative estimate of drug-likeness (QED) is 0.0563. The van der Waals surface area contributed by atoms with Gasteiger partial charge >= 0.3 is 0 Å². The lowest BCUT2D eigenvalue weighted by atomic mass is 10.0. The van der Waals surface area contributed by atoms with E-state index in [0.717, 1.165) is 49.8 Å². The first-order valence-electron chi connectivity index (χ1n) is 18.8. The number of nitrogens with one attached hydrogen (secondary N) is 1. The molecule has 2 N–H and O–H groups in total. The van der Waals surface area contributed by atoms with E-state index in [1.54, 1.807) is 37.9 Å². The maximum atomic E-state index is 12.8. The molecular formula is C43H78ClN3O4S. The van der Waals surface area contributed by atoms with E-state index < -0.39 is 0 Å². The van der Waals surface area contributed by atoms with Crippen LogP contribution in [0.4, 0.5) is 0 Å². The predicted molar refractivity (Wildman–Crippen MR) is 234 cm³/mol. The fourth-order valence-corrected chi connectivity index (χ4v) is 4.06. The second kappa shape index (κ2) is 48.4. The number of aliphatic hydroxyl groups is 1. The summed E-state index contributed by atoms with van der Waals surface area (Å²) in [5, 5.41) is 12.1. The molecule has 1 fully saturated rings. The molecule has 9 heteroatoms. The molecule has 0 spiro atoms. The first kappa shape index (κ1) is 58.7. The SMILES string of the molecule is C=C/C(=C\C(=C)CCOC)CN(C(=O)C[C@@H](C)CCCNC)C1CC1.C=C/C(OCCO)=C(Cl)\C=C\C.CC.CC.CCC.CS.c1ccncc1. The molecule has 0 aliphatic heterocycles. The maximum Gasteiger partial charge on any atom is 0.223 e. The Hall–Kier alpha value is -2.62. The number of carbonyl (C=O) groups is 1. The molecule has 1 atom stereocenters. The zero-order valence-corrected chi connectivity index (χ0v) is 36.6. The number of aliphatic hydroxyl groups excluding tert-OH is 1. The van der Waals surface area contributed by atoms with Crippen molar-refractivity contribution in [1.29, 1.82) is 0 Å². The lowest BCUT2D eigenvalue weighted by Crippen LogP contribution is -2.35. The Bertz CT molecular complexity index is 1000. The van der Waals surface area contributed by atoms with Crippen molar-refractivity contribution in [3.63, 3.8) is 0 Å². The molecule has 0 radical (unpaired) electrons. The van der Waals surface area contributed by atoms with Crippen molar-refractivity contribution in [3.05, 3.63) is 103 Å². The van der Waals surface area contributed by atoms with Crippen LogP contribution in [-0.2, 0) is 14.3 Å². The Kier molecular flexibility index (Phi) is 54.6. The van der Waals surface area contributed by atoms with Crippen LogP contribution >= 0.6 is 24.2 Å². The zero-order chi connectivity index (χ0) is 41.0. The van der Waals surface area contributed by atoms with Crippen LogP contribution in [0.5, 0.6) is 0 Å². The normalized spacial score (nSPS) is 12.2. The van der Waals surface area contributed by atoms with E-state index in [1.807, 2.05) is 76.9 Å². The second-order valence-corrected chi connectivity index (χ2v) is 11.3. The molecule has 1 amide bonds. The number of thiol groups is 1. The fourth-order valence-electron chi connectivity index (χ4n) is 3.81. The van der Waals surface area contributed by atoms with Gasteiger partial charge in [-0.25, -0.2) is 0 Å².